The van der Waals surface area contributed by atoms with E-state index in [0.29, 0.717) is 11.6 Å². The number of nitrogens with one attached hydrogen (secondary N) is 1. The number of carbonyl (C=O) groups excluding carboxylic acids is 1. The lowest BCUT2D eigenvalue weighted by molar-refractivity contribution is -0.114. The minimum absolute atomic E-state index is 0.163. The van der Waals surface area contributed by atoms with Crippen molar-refractivity contribution in [2.24, 2.45) is 0 Å². The quantitative estimate of drug-likeness (QED) is 0.732. The topological polar surface area (TPSA) is 72.7 Å². The lowest BCUT2D eigenvalue weighted by atomic mass is 10.3. The van der Waals surface area contributed by atoms with Gasteiger partial charge in [0.1, 0.15) is 10.4 Å². The molecule has 0 saturated carbocycles. The molecule has 0 saturated heterocycles. The van der Waals surface area contributed by atoms with E-state index in [0.717, 1.165) is 15.5 Å². The van der Waals surface area contributed by atoms with Crippen molar-refractivity contribution in [2.75, 3.05) is 5.32 Å². The fourth-order valence-corrected chi connectivity index (χ4v) is 2.20. The Morgan fingerprint density at radius 2 is 2.20 bits per heavy atom. The number of hydrogen-bond donors (Lipinski definition) is 1. The lowest BCUT2D eigenvalue weighted by Crippen LogP contribution is -2.07. The fourth-order valence-electron chi connectivity index (χ4n) is 1.87. The zero-order valence-electron chi connectivity index (χ0n) is 10.5. The van der Waals surface area contributed by atoms with Gasteiger partial charge in [0.15, 0.2) is 5.82 Å². The second kappa shape index (κ2) is 5.01. The molecule has 0 aliphatic carbocycles. The van der Waals surface area contributed by atoms with Crippen molar-refractivity contribution in [3.8, 4) is 5.82 Å². The van der Waals surface area contributed by atoms with E-state index in [1.54, 1.807) is 23.1 Å². The highest BCUT2D eigenvalue weighted by atomic mass is 79.9. The number of rotatable bonds is 2. The SMILES string of the molecule is CC(=O)Nc1cc2c(cn1)cnn2-c1cccc(Br)n1. The van der Waals surface area contributed by atoms with E-state index in [1.165, 1.54) is 6.92 Å². The summed E-state index contributed by atoms with van der Waals surface area (Å²) in [7, 11) is 0. The Balaban J connectivity index is 2.14. The normalized spacial score (nSPS) is 10.7. The third-order valence-corrected chi connectivity index (χ3v) is 3.12. The first-order valence-electron chi connectivity index (χ1n) is 5.88. The predicted molar refractivity (Wildman–Crippen MR) is 78.7 cm³/mol. The second-order valence-corrected chi connectivity index (χ2v) is 5.00. The molecule has 0 spiro atoms. The number of aromatic nitrogens is 4. The van der Waals surface area contributed by atoms with Crippen LogP contribution < -0.4 is 5.32 Å². The smallest absolute Gasteiger partial charge is 0.222 e. The summed E-state index contributed by atoms with van der Waals surface area (Å²) in [5.74, 6) is 1.01. The highest BCUT2D eigenvalue weighted by Crippen LogP contribution is 2.20. The molecule has 0 atom stereocenters. The molecule has 0 aromatic carbocycles. The first-order valence-corrected chi connectivity index (χ1v) is 6.67. The molecule has 0 radical (unpaired) electrons. The van der Waals surface area contributed by atoms with E-state index in [9.17, 15) is 4.79 Å². The molecule has 1 amide bonds. The van der Waals surface area contributed by atoms with Gasteiger partial charge in [0.2, 0.25) is 5.91 Å². The summed E-state index contributed by atoms with van der Waals surface area (Å²) in [5, 5.41) is 7.84. The zero-order chi connectivity index (χ0) is 14.1. The Kier molecular flexibility index (Phi) is 3.19. The summed E-state index contributed by atoms with van der Waals surface area (Å²) < 4.78 is 2.43. The average molecular weight is 332 g/mol. The van der Waals surface area contributed by atoms with Crippen LogP contribution in [0.25, 0.3) is 16.7 Å². The molecule has 20 heavy (non-hydrogen) atoms. The Hall–Kier alpha value is -2.28. The molecule has 7 heteroatoms. The van der Waals surface area contributed by atoms with E-state index in [1.807, 2.05) is 18.2 Å². The third kappa shape index (κ3) is 2.39. The van der Waals surface area contributed by atoms with Crippen LogP contribution in [0.4, 0.5) is 5.82 Å². The van der Waals surface area contributed by atoms with Gasteiger partial charge in [-0.2, -0.15) is 5.10 Å². The maximum absolute atomic E-state index is 11.1. The number of amides is 1. The average Bonchev–Trinajstić information content (AvgIpc) is 2.81. The largest absolute Gasteiger partial charge is 0.311 e. The predicted octanol–water partition coefficient (Wildman–Crippen LogP) is 2.54. The molecule has 3 rings (SSSR count). The number of carbonyl (C=O) groups is 1. The molecule has 6 nitrogen and oxygen atoms in total. The molecule has 3 heterocycles. The molecule has 0 aliphatic heterocycles. The van der Waals surface area contributed by atoms with Gasteiger partial charge in [0.05, 0.1) is 11.7 Å². The van der Waals surface area contributed by atoms with Gasteiger partial charge in [-0.3, -0.25) is 4.79 Å². The summed E-state index contributed by atoms with van der Waals surface area (Å²) in [6.07, 6.45) is 3.38. The summed E-state index contributed by atoms with van der Waals surface area (Å²) >= 11 is 3.34. The molecule has 0 aliphatic rings. The van der Waals surface area contributed by atoms with Gasteiger partial charge < -0.3 is 5.32 Å². The van der Waals surface area contributed by atoms with Crippen LogP contribution in [0.2, 0.25) is 0 Å². The molecule has 0 unspecified atom stereocenters. The fraction of sp³-hybridized carbons (Fsp3) is 0.0769. The Morgan fingerprint density at radius 1 is 1.35 bits per heavy atom. The van der Waals surface area contributed by atoms with Gasteiger partial charge >= 0.3 is 0 Å². The van der Waals surface area contributed by atoms with Crippen molar-refractivity contribution in [1.82, 2.24) is 19.7 Å². The van der Waals surface area contributed by atoms with Crippen molar-refractivity contribution < 1.29 is 4.79 Å². The van der Waals surface area contributed by atoms with E-state index in [2.05, 4.69) is 36.3 Å². The van der Waals surface area contributed by atoms with Crippen molar-refractivity contribution in [2.45, 2.75) is 6.92 Å². The number of halogens is 1. The van der Waals surface area contributed by atoms with Crippen molar-refractivity contribution in [3.63, 3.8) is 0 Å². The highest BCUT2D eigenvalue weighted by molar-refractivity contribution is 9.10. The van der Waals surface area contributed by atoms with Crippen LogP contribution in [-0.4, -0.2) is 25.7 Å². The Labute approximate surface area is 123 Å². The van der Waals surface area contributed by atoms with Gasteiger partial charge in [0.25, 0.3) is 0 Å². The maximum Gasteiger partial charge on any atom is 0.222 e. The van der Waals surface area contributed by atoms with Gasteiger partial charge in [-0.15, -0.1) is 0 Å². The number of anilines is 1. The van der Waals surface area contributed by atoms with E-state index >= 15 is 0 Å². The van der Waals surface area contributed by atoms with E-state index < -0.39 is 0 Å². The van der Waals surface area contributed by atoms with Crippen LogP contribution in [0.3, 0.4) is 0 Å². The van der Waals surface area contributed by atoms with Gasteiger partial charge in [-0.1, -0.05) is 6.07 Å². The van der Waals surface area contributed by atoms with Crippen molar-refractivity contribution >= 4 is 38.6 Å². The number of hydrogen-bond acceptors (Lipinski definition) is 4. The Bertz CT molecular complexity index is 798. The van der Waals surface area contributed by atoms with Crippen LogP contribution in [0.15, 0.2) is 41.3 Å². The second-order valence-electron chi connectivity index (χ2n) is 4.18. The molecule has 0 bridgehead atoms. The van der Waals surface area contributed by atoms with Crippen LogP contribution >= 0.6 is 15.9 Å². The van der Waals surface area contributed by atoms with Gasteiger partial charge in [-0.05, 0) is 28.1 Å². The summed E-state index contributed by atoms with van der Waals surface area (Å²) in [4.78, 5) is 19.6. The van der Waals surface area contributed by atoms with Crippen LogP contribution in [-0.2, 0) is 4.79 Å². The first kappa shape index (κ1) is 12.7. The first-order chi connectivity index (χ1) is 9.63. The zero-order valence-corrected chi connectivity index (χ0v) is 12.1. The minimum Gasteiger partial charge on any atom is -0.311 e. The molecular weight excluding hydrogens is 322 g/mol. The molecule has 0 fully saturated rings. The summed E-state index contributed by atoms with van der Waals surface area (Å²) in [5.41, 5.74) is 0.828. The highest BCUT2D eigenvalue weighted by Gasteiger charge is 2.08. The number of fused-ring (bicyclic) bond motifs is 1. The van der Waals surface area contributed by atoms with Gasteiger partial charge in [-0.25, -0.2) is 14.6 Å². The van der Waals surface area contributed by atoms with Crippen LogP contribution in [0.1, 0.15) is 6.92 Å². The molecule has 1 N–H and O–H groups in total. The maximum atomic E-state index is 11.1. The molecular formula is C13H10BrN5O. The van der Waals surface area contributed by atoms with E-state index in [4.69, 9.17) is 0 Å². The number of pyridine rings is 2. The van der Waals surface area contributed by atoms with Crippen LogP contribution in [0.5, 0.6) is 0 Å². The molecule has 3 aromatic rings. The monoisotopic (exact) mass is 331 g/mol. The van der Waals surface area contributed by atoms with Crippen molar-refractivity contribution in [3.05, 3.63) is 41.3 Å². The summed E-state index contributed by atoms with van der Waals surface area (Å²) in [6, 6.07) is 7.36. The molecule has 3 aromatic heterocycles. The number of nitrogens with zero attached hydrogens (tertiary/aromatic N) is 4. The standard InChI is InChI=1S/C13H10BrN5O/c1-8(20)17-12-5-10-9(6-15-12)7-16-19(10)13-4-2-3-11(14)18-13/h2-7H,1H3,(H,15,17,20). The Morgan fingerprint density at radius 3 is 2.95 bits per heavy atom. The van der Waals surface area contributed by atoms with Crippen molar-refractivity contribution in [1.29, 1.82) is 0 Å². The van der Waals surface area contributed by atoms with Crippen LogP contribution in [0, 0.1) is 0 Å². The summed E-state index contributed by atoms with van der Waals surface area (Å²) in [6.45, 7) is 1.44. The van der Waals surface area contributed by atoms with E-state index in [-0.39, 0.29) is 5.91 Å². The molecule has 100 valence electrons. The lowest BCUT2D eigenvalue weighted by Gasteiger charge is -2.04. The minimum atomic E-state index is -0.163. The third-order valence-electron chi connectivity index (χ3n) is 2.67. The van der Waals surface area contributed by atoms with Gasteiger partial charge in [0, 0.05) is 24.6 Å².